The van der Waals surface area contributed by atoms with Crippen LogP contribution in [0.25, 0.3) is 11.0 Å². The molecule has 1 aliphatic rings. The Labute approximate surface area is 172 Å². The first-order chi connectivity index (χ1) is 14.2. The molecule has 4 rings (SSSR count). The largest absolute Gasteiger partial charge is 0.486 e. The number of unbranched alkanes of at least 4 members (excludes halogenated alkanes) is 3. The average molecular weight is 391 g/mol. The number of ether oxygens (including phenoxy) is 1. The van der Waals surface area contributed by atoms with Crippen LogP contribution < -0.4 is 10.4 Å². The molecule has 2 aromatic carbocycles. The predicted molar refractivity (Wildman–Crippen MR) is 118 cm³/mol. The molecule has 152 valence electrons. The van der Waals surface area contributed by atoms with Gasteiger partial charge in [0.05, 0.1) is 0 Å². The number of benzene rings is 2. The fourth-order valence-corrected chi connectivity index (χ4v) is 4.38. The molecule has 0 fully saturated rings. The summed E-state index contributed by atoms with van der Waals surface area (Å²) < 4.78 is 12.1. The van der Waals surface area contributed by atoms with Gasteiger partial charge >= 0.3 is 5.63 Å². The Morgan fingerprint density at radius 2 is 1.83 bits per heavy atom. The lowest BCUT2D eigenvalue weighted by Crippen LogP contribution is -2.09. The number of aryl methyl sites for hydroxylation is 2. The van der Waals surface area contributed by atoms with Crippen molar-refractivity contribution in [3.05, 3.63) is 75.1 Å². The van der Waals surface area contributed by atoms with E-state index in [0.717, 1.165) is 54.4 Å². The smallest absolute Gasteiger partial charge is 0.339 e. The maximum Gasteiger partial charge on any atom is 0.339 e. The third-order valence-corrected chi connectivity index (χ3v) is 6.03. The molecule has 1 unspecified atom stereocenters. The molecular weight excluding hydrogens is 360 g/mol. The maximum atomic E-state index is 12.4. The molecule has 1 aliphatic carbocycles. The highest BCUT2D eigenvalue weighted by Gasteiger charge is 2.21. The molecule has 29 heavy (non-hydrogen) atoms. The van der Waals surface area contributed by atoms with Crippen LogP contribution in [0.2, 0.25) is 0 Å². The van der Waals surface area contributed by atoms with Crippen molar-refractivity contribution in [3.8, 4) is 5.75 Å². The van der Waals surface area contributed by atoms with E-state index in [0.29, 0.717) is 5.58 Å². The van der Waals surface area contributed by atoms with Crippen LogP contribution in [0, 0.1) is 0 Å². The topological polar surface area (TPSA) is 39.4 Å². The van der Waals surface area contributed by atoms with Gasteiger partial charge in [-0.3, -0.25) is 0 Å². The van der Waals surface area contributed by atoms with Crippen molar-refractivity contribution < 1.29 is 9.15 Å². The molecule has 3 heteroatoms. The normalized spacial score (nSPS) is 14.1. The van der Waals surface area contributed by atoms with Crippen LogP contribution in [-0.2, 0) is 19.3 Å². The van der Waals surface area contributed by atoms with Crippen LogP contribution in [-0.4, -0.2) is 0 Å². The van der Waals surface area contributed by atoms with E-state index >= 15 is 0 Å². The molecule has 0 bridgehead atoms. The standard InChI is InChI=1S/C26H30O3/c1-3-4-5-7-13-20-16-23-21-14-10-15-22(21)26(27)29-25(23)17-24(20)28-18(2)19-11-8-6-9-12-19/h6,8-9,11-12,16-18H,3-5,7,10,13-15H2,1-2H3. The van der Waals surface area contributed by atoms with Crippen molar-refractivity contribution in [2.75, 3.05) is 0 Å². The molecule has 1 aromatic heterocycles. The van der Waals surface area contributed by atoms with E-state index in [1.54, 1.807) is 0 Å². The summed E-state index contributed by atoms with van der Waals surface area (Å²) in [5.74, 6) is 0.839. The third-order valence-electron chi connectivity index (χ3n) is 6.03. The summed E-state index contributed by atoms with van der Waals surface area (Å²) in [7, 11) is 0. The fourth-order valence-electron chi connectivity index (χ4n) is 4.38. The summed E-state index contributed by atoms with van der Waals surface area (Å²) in [6.45, 7) is 4.30. The highest BCUT2D eigenvalue weighted by Crippen LogP contribution is 2.35. The molecule has 0 saturated carbocycles. The van der Waals surface area contributed by atoms with E-state index in [1.165, 1.54) is 30.4 Å². The van der Waals surface area contributed by atoms with Crippen LogP contribution >= 0.6 is 0 Å². The molecule has 3 nitrogen and oxygen atoms in total. The Hall–Kier alpha value is -2.55. The zero-order valence-electron chi connectivity index (χ0n) is 17.5. The minimum Gasteiger partial charge on any atom is -0.486 e. The van der Waals surface area contributed by atoms with Gasteiger partial charge in [0.15, 0.2) is 0 Å². The molecule has 0 spiro atoms. The van der Waals surface area contributed by atoms with Crippen LogP contribution in [0.1, 0.15) is 74.3 Å². The molecule has 3 aromatic rings. The summed E-state index contributed by atoms with van der Waals surface area (Å²) in [6.07, 6.45) is 8.62. The van der Waals surface area contributed by atoms with Crippen molar-refractivity contribution in [1.82, 2.24) is 0 Å². The highest BCUT2D eigenvalue weighted by atomic mass is 16.5. The van der Waals surface area contributed by atoms with Crippen LogP contribution in [0.3, 0.4) is 0 Å². The Bertz CT molecular complexity index is 1030. The SMILES string of the molecule is CCCCCCc1cc2c3c(c(=O)oc2cc1OC(C)c1ccccc1)CCC3. The second kappa shape index (κ2) is 8.86. The van der Waals surface area contributed by atoms with Crippen molar-refractivity contribution in [1.29, 1.82) is 0 Å². The minimum atomic E-state index is -0.178. The number of fused-ring (bicyclic) bond motifs is 3. The zero-order valence-corrected chi connectivity index (χ0v) is 17.5. The summed E-state index contributed by atoms with van der Waals surface area (Å²) in [4.78, 5) is 12.4. The number of rotatable bonds is 8. The van der Waals surface area contributed by atoms with Crippen LogP contribution in [0.4, 0.5) is 0 Å². The van der Waals surface area contributed by atoms with Crippen molar-refractivity contribution in [2.45, 2.75) is 71.3 Å². The van der Waals surface area contributed by atoms with Crippen LogP contribution in [0.5, 0.6) is 5.75 Å². The predicted octanol–water partition coefficient (Wildman–Crippen LogP) is 6.54. The van der Waals surface area contributed by atoms with Gasteiger partial charge in [-0.25, -0.2) is 4.79 Å². The van der Waals surface area contributed by atoms with E-state index in [-0.39, 0.29) is 11.7 Å². The second-order valence-corrected chi connectivity index (χ2v) is 8.14. The van der Waals surface area contributed by atoms with Crippen molar-refractivity contribution >= 4 is 11.0 Å². The van der Waals surface area contributed by atoms with Gasteiger partial charge < -0.3 is 9.15 Å². The molecule has 0 amide bonds. The average Bonchev–Trinajstić information content (AvgIpc) is 3.23. The summed E-state index contributed by atoms with van der Waals surface area (Å²) in [6, 6.07) is 14.4. The molecule has 1 atom stereocenters. The summed E-state index contributed by atoms with van der Waals surface area (Å²) in [5, 5.41) is 1.10. The molecular formula is C26H30O3. The zero-order chi connectivity index (χ0) is 20.2. The number of hydrogen-bond acceptors (Lipinski definition) is 3. The second-order valence-electron chi connectivity index (χ2n) is 8.14. The monoisotopic (exact) mass is 390 g/mol. The van der Waals surface area contributed by atoms with Gasteiger partial charge in [-0.2, -0.15) is 0 Å². The van der Waals surface area contributed by atoms with E-state index in [4.69, 9.17) is 9.15 Å². The van der Waals surface area contributed by atoms with Crippen LogP contribution in [0.15, 0.2) is 51.7 Å². The van der Waals surface area contributed by atoms with Gasteiger partial charge in [0.1, 0.15) is 17.4 Å². The Morgan fingerprint density at radius 3 is 2.62 bits per heavy atom. The lowest BCUT2D eigenvalue weighted by atomic mass is 9.99. The van der Waals surface area contributed by atoms with Gasteiger partial charge in [0, 0.05) is 17.0 Å². The molecule has 0 radical (unpaired) electrons. The minimum absolute atomic E-state index is 0.0656. The molecule has 0 N–H and O–H groups in total. The van der Waals surface area contributed by atoms with E-state index < -0.39 is 0 Å². The highest BCUT2D eigenvalue weighted by molar-refractivity contribution is 5.84. The van der Waals surface area contributed by atoms with Gasteiger partial charge in [-0.05, 0) is 61.8 Å². The third kappa shape index (κ3) is 4.24. The first-order valence-electron chi connectivity index (χ1n) is 11.0. The van der Waals surface area contributed by atoms with Gasteiger partial charge in [0.25, 0.3) is 0 Å². The molecule has 0 saturated heterocycles. The molecule has 1 heterocycles. The Morgan fingerprint density at radius 1 is 1.03 bits per heavy atom. The lowest BCUT2D eigenvalue weighted by molar-refractivity contribution is 0.224. The summed E-state index contributed by atoms with van der Waals surface area (Å²) >= 11 is 0. The first kappa shape index (κ1) is 19.8. The quantitative estimate of drug-likeness (QED) is 0.324. The van der Waals surface area contributed by atoms with E-state index in [1.807, 2.05) is 24.3 Å². The van der Waals surface area contributed by atoms with Crippen molar-refractivity contribution in [3.63, 3.8) is 0 Å². The lowest BCUT2D eigenvalue weighted by Gasteiger charge is -2.19. The van der Waals surface area contributed by atoms with Gasteiger partial charge in [-0.1, -0.05) is 56.5 Å². The van der Waals surface area contributed by atoms with Gasteiger partial charge in [-0.15, -0.1) is 0 Å². The number of hydrogen-bond donors (Lipinski definition) is 0. The van der Waals surface area contributed by atoms with E-state index in [2.05, 4.69) is 32.0 Å². The van der Waals surface area contributed by atoms with Gasteiger partial charge in [0.2, 0.25) is 0 Å². The maximum absolute atomic E-state index is 12.4. The summed E-state index contributed by atoms with van der Waals surface area (Å²) in [5.41, 5.74) is 4.90. The van der Waals surface area contributed by atoms with E-state index in [9.17, 15) is 4.79 Å². The first-order valence-corrected chi connectivity index (χ1v) is 11.0. The molecule has 0 aliphatic heterocycles. The van der Waals surface area contributed by atoms with Crippen molar-refractivity contribution in [2.24, 2.45) is 0 Å². The Kier molecular flexibility index (Phi) is 6.03. The Balaban J connectivity index is 1.72. The fraction of sp³-hybridized carbons (Fsp3) is 0.423.